The maximum atomic E-state index is 13.5. The average molecular weight is 622 g/mol. The normalized spacial score (nSPS) is 19.1. The van der Waals surface area contributed by atoms with Gasteiger partial charge in [0.2, 0.25) is 0 Å². The largest absolute Gasteiger partial charge is 0.416 e. The van der Waals surface area contributed by atoms with Crippen LogP contribution in [-0.4, -0.2) is 85.7 Å². The number of nitrogens with zero attached hydrogens (tertiary/aromatic N) is 3. The first-order valence-corrected chi connectivity index (χ1v) is 13.6. The highest BCUT2D eigenvalue weighted by molar-refractivity contribution is 6.42. The Balaban J connectivity index is 1.57. The van der Waals surface area contributed by atoms with Crippen LogP contribution < -0.4 is 0 Å². The maximum Gasteiger partial charge on any atom is 0.416 e. The van der Waals surface area contributed by atoms with Crippen LogP contribution in [0.25, 0.3) is 0 Å². The van der Waals surface area contributed by atoms with E-state index in [1.54, 1.807) is 18.2 Å². The van der Waals surface area contributed by atoms with Crippen LogP contribution in [0.5, 0.6) is 0 Å². The third-order valence-electron chi connectivity index (χ3n) is 6.95. The van der Waals surface area contributed by atoms with Gasteiger partial charge in [-0.2, -0.15) is 26.3 Å². The summed E-state index contributed by atoms with van der Waals surface area (Å²) in [6, 6.07) is 5.31. The van der Waals surface area contributed by atoms with Crippen LogP contribution in [0.4, 0.5) is 26.3 Å². The van der Waals surface area contributed by atoms with Crippen LogP contribution in [0.15, 0.2) is 36.4 Å². The summed E-state index contributed by atoms with van der Waals surface area (Å²) in [6.07, 6.45) is -9.87. The van der Waals surface area contributed by atoms with Gasteiger partial charge in [0.25, 0.3) is 5.91 Å². The summed E-state index contributed by atoms with van der Waals surface area (Å²) in [7, 11) is 0. The van der Waals surface area contributed by atoms with Crippen LogP contribution in [0, 0.1) is 11.8 Å². The topological polar surface area (TPSA) is 36.0 Å². The molecule has 2 aliphatic rings. The fourth-order valence-electron chi connectivity index (χ4n) is 4.78. The number of hydrogen-bond donors (Lipinski definition) is 0. The molecule has 0 spiro atoms. The second-order valence-corrected chi connectivity index (χ2v) is 10.7. The van der Waals surface area contributed by atoms with Crippen molar-refractivity contribution >= 4 is 29.1 Å². The summed E-state index contributed by atoms with van der Waals surface area (Å²) < 4.78 is 86.0. The van der Waals surface area contributed by atoms with Crippen molar-refractivity contribution in [1.29, 1.82) is 0 Å². The Morgan fingerprint density at radius 1 is 0.829 bits per heavy atom. The molecule has 2 aromatic carbocycles. The van der Waals surface area contributed by atoms with Gasteiger partial charge >= 0.3 is 12.4 Å². The second-order valence-electron chi connectivity index (χ2n) is 9.88. The zero-order valence-corrected chi connectivity index (χ0v) is 23.3. The molecule has 0 aromatic heterocycles. The zero-order valence-electron chi connectivity index (χ0n) is 21.8. The molecule has 0 bridgehead atoms. The fraction of sp³-hybridized carbons (Fsp3) is 0.464. The van der Waals surface area contributed by atoms with Crippen LogP contribution in [0.3, 0.4) is 0 Å². The number of morpholine rings is 1. The van der Waals surface area contributed by atoms with Crippen LogP contribution in [0.1, 0.15) is 27.0 Å². The molecule has 2 heterocycles. The number of amides is 1. The lowest BCUT2D eigenvalue weighted by atomic mass is 9.99. The van der Waals surface area contributed by atoms with Crippen molar-refractivity contribution in [2.75, 3.05) is 59.0 Å². The molecule has 0 aliphatic carbocycles. The van der Waals surface area contributed by atoms with Gasteiger partial charge in [0.1, 0.15) is 0 Å². The van der Waals surface area contributed by atoms with Crippen LogP contribution >= 0.6 is 23.2 Å². The van der Waals surface area contributed by atoms with E-state index in [-0.39, 0.29) is 24.1 Å². The average Bonchev–Trinajstić information content (AvgIpc) is 2.92. The second kappa shape index (κ2) is 13.2. The molecule has 4 rings (SSSR count). The molecule has 0 saturated carbocycles. The molecule has 2 aliphatic heterocycles. The molecule has 0 radical (unpaired) electrons. The van der Waals surface area contributed by atoms with E-state index < -0.39 is 41.0 Å². The third-order valence-corrected chi connectivity index (χ3v) is 7.69. The standard InChI is InChI=1S/C28H27Cl2F6N3O2/c29-24-4-3-19(14-25(24)30)13-23-18-38(6-2-1-5-37-9-11-41-12-10-37)7-8-39(23)26(40)20-15-21(27(31,32)33)17-22(16-20)28(34,35)36/h3-4,14-17,23H,5-13,18H2/t23-/m1/s1. The summed E-state index contributed by atoms with van der Waals surface area (Å²) in [5.74, 6) is 5.35. The SMILES string of the molecule is O=C(c1cc(C(F)(F)F)cc(C(F)(F)F)c1)N1CCN(CC#CCN2CCOCC2)C[C@H]1Cc1ccc(Cl)c(Cl)c1. The number of benzene rings is 2. The molecule has 2 saturated heterocycles. The molecular weight excluding hydrogens is 595 g/mol. The summed E-state index contributed by atoms with van der Waals surface area (Å²) >= 11 is 12.2. The molecule has 13 heteroatoms. The van der Waals surface area contributed by atoms with Crippen molar-refractivity contribution in [2.45, 2.75) is 24.8 Å². The predicted octanol–water partition coefficient (Wildman–Crippen LogP) is 5.74. The van der Waals surface area contributed by atoms with E-state index in [1.165, 1.54) is 4.90 Å². The highest BCUT2D eigenvalue weighted by atomic mass is 35.5. The van der Waals surface area contributed by atoms with E-state index in [1.807, 2.05) is 4.90 Å². The Kier molecular flexibility index (Phi) is 10.1. The predicted molar refractivity (Wildman–Crippen MR) is 143 cm³/mol. The first kappa shape index (κ1) is 31.4. The van der Waals surface area contributed by atoms with E-state index in [0.29, 0.717) is 62.1 Å². The summed E-state index contributed by atoms with van der Waals surface area (Å²) in [5.41, 5.74) is -3.04. The van der Waals surface area contributed by atoms with Crippen molar-refractivity contribution in [3.05, 3.63) is 68.7 Å². The number of piperazine rings is 1. The molecule has 2 fully saturated rings. The summed E-state index contributed by atoms with van der Waals surface area (Å²) in [4.78, 5) is 19.0. The van der Waals surface area contributed by atoms with Gasteiger partial charge in [-0.25, -0.2) is 0 Å². The lowest BCUT2D eigenvalue weighted by Gasteiger charge is -2.41. The van der Waals surface area contributed by atoms with Crippen molar-refractivity contribution < 1.29 is 35.9 Å². The first-order valence-electron chi connectivity index (χ1n) is 12.8. The number of carbonyl (C=O) groups is 1. The lowest BCUT2D eigenvalue weighted by molar-refractivity contribution is -0.143. The fourth-order valence-corrected chi connectivity index (χ4v) is 5.10. The van der Waals surface area contributed by atoms with Crippen molar-refractivity contribution in [1.82, 2.24) is 14.7 Å². The number of ether oxygens (including phenoxy) is 1. The van der Waals surface area contributed by atoms with E-state index in [9.17, 15) is 31.1 Å². The monoisotopic (exact) mass is 621 g/mol. The molecule has 0 N–H and O–H groups in total. The van der Waals surface area contributed by atoms with Gasteiger partial charge in [-0.1, -0.05) is 41.1 Å². The molecule has 5 nitrogen and oxygen atoms in total. The van der Waals surface area contributed by atoms with E-state index in [2.05, 4.69) is 16.7 Å². The van der Waals surface area contributed by atoms with Gasteiger partial charge in [-0.15, -0.1) is 0 Å². The van der Waals surface area contributed by atoms with Crippen molar-refractivity contribution in [2.24, 2.45) is 0 Å². The Hall–Kier alpha value is -2.49. The van der Waals surface area contributed by atoms with Crippen molar-refractivity contribution in [3.63, 3.8) is 0 Å². The molecule has 222 valence electrons. The zero-order chi connectivity index (χ0) is 29.8. The van der Waals surface area contributed by atoms with Gasteiger partial charge in [-0.3, -0.25) is 14.6 Å². The quantitative estimate of drug-likeness (QED) is 0.315. The van der Waals surface area contributed by atoms with Gasteiger partial charge in [0.15, 0.2) is 0 Å². The van der Waals surface area contributed by atoms with E-state index in [4.69, 9.17) is 27.9 Å². The Morgan fingerprint density at radius 2 is 1.44 bits per heavy atom. The van der Waals surface area contributed by atoms with Crippen molar-refractivity contribution in [3.8, 4) is 11.8 Å². The van der Waals surface area contributed by atoms with E-state index >= 15 is 0 Å². The highest BCUT2D eigenvalue weighted by Crippen LogP contribution is 2.37. The molecule has 2 aromatic rings. The van der Waals surface area contributed by atoms with E-state index in [0.717, 1.165) is 13.1 Å². The Bertz CT molecular complexity index is 1270. The van der Waals surface area contributed by atoms with Crippen LogP contribution in [0.2, 0.25) is 10.0 Å². The molecule has 41 heavy (non-hydrogen) atoms. The summed E-state index contributed by atoms with van der Waals surface area (Å²) in [5, 5.41) is 0.615. The number of alkyl halides is 6. The van der Waals surface area contributed by atoms with Crippen LogP contribution in [-0.2, 0) is 23.5 Å². The van der Waals surface area contributed by atoms with Gasteiger partial charge in [0, 0.05) is 44.3 Å². The Morgan fingerprint density at radius 3 is 2.02 bits per heavy atom. The summed E-state index contributed by atoms with van der Waals surface area (Å²) in [6.45, 7) is 4.64. The first-order chi connectivity index (χ1) is 19.3. The molecule has 1 amide bonds. The number of carbonyl (C=O) groups excluding carboxylic acids is 1. The Labute approximate surface area is 243 Å². The van der Waals surface area contributed by atoms with Gasteiger partial charge in [-0.05, 0) is 42.3 Å². The number of halogens is 8. The highest BCUT2D eigenvalue weighted by Gasteiger charge is 2.39. The number of hydrogen-bond acceptors (Lipinski definition) is 4. The minimum atomic E-state index is -5.06. The third kappa shape index (κ3) is 8.52. The van der Waals surface area contributed by atoms with Gasteiger partial charge in [0.05, 0.1) is 47.5 Å². The minimum Gasteiger partial charge on any atom is -0.379 e. The van der Waals surface area contributed by atoms with Gasteiger partial charge < -0.3 is 9.64 Å². The molecule has 1 atom stereocenters. The lowest BCUT2D eigenvalue weighted by Crippen LogP contribution is -2.56. The smallest absolute Gasteiger partial charge is 0.379 e. The molecule has 0 unspecified atom stereocenters. The minimum absolute atomic E-state index is 0.0114. The number of rotatable bonds is 5. The maximum absolute atomic E-state index is 13.5. The molecular formula is C28H27Cl2F6N3O2.